The maximum absolute atomic E-state index is 2.65. The van der Waals surface area contributed by atoms with Gasteiger partial charge in [-0.25, -0.2) is 0 Å². The molecular formula is C50H58BN3S2. The normalized spacial score (nSPS) is 16.4. The second-order valence-corrected chi connectivity index (χ2v) is 22.9. The second-order valence-electron chi connectivity index (χ2n) is 20.6. The lowest BCUT2D eigenvalue weighted by Gasteiger charge is -2.46. The zero-order valence-corrected chi connectivity index (χ0v) is 37.3. The second kappa shape index (κ2) is 12.9. The smallest absolute Gasteiger partial charge is 0.252 e. The van der Waals surface area contributed by atoms with E-state index in [1.54, 1.807) is 0 Å². The third-order valence-electron chi connectivity index (χ3n) is 12.5. The van der Waals surface area contributed by atoms with E-state index < -0.39 is 0 Å². The van der Waals surface area contributed by atoms with Crippen LogP contribution in [-0.4, -0.2) is 31.3 Å². The van der Waals surface area contributed by atoms with Gasteiger partial charge in [0, 0.05) is 68.5 Å². The van der Waals surface area contributed by atoms with Crippen LogP contribution in [0, 0.1) is 0 Å². The first kappa shape index (κ1) is 37.8. The molecule has 0 amide bonds. The first-order valence-corrected chi connectivity index (χ1v) is 22.6. The summed E-state index contributed by atoms with van der Waals surface area (Å²) in [5.41, 5.74) is 18.8. The summed E-state index contributed by atoms with van der Waals surface area (Å²) in [5.74, 6) is 2.28. The van der Waals surface area contributed by atoms with Gasteiger partial charge in [-0.1, -0.05) is 119 Å². The van der Waals surface area contributed by atoms with Gasteiger partial charge in [-0.2, -0.15) is 0 Å². The molecule has 288 valence electrons. The minimum absolute atomic E-state index is 0.0113. The molecule has 3 nitrogen and oxygen atoms in total. The van der Waals surface area contributed by atoms with E-state index in [-0.39, 0.29) is 28.4 Å². The highest BCUT2D eigenvalue weighted by molar-refractivity contribution is 8.00. The fourth-order valence-electron chi connectivity index (χ4n) is 9.13. The molecule has 0 fully saturated rings. The topological polar surface area (TPSA) is 9.72 Å². The van der Waals surface area contributed by atoms with Crippen LogP contribution in [0.1, 0.15) is 105 Å². The lowest BCUT2D eigenvalue weighted by molar-refractivity contribution is 0.589. The number of nitrogens with zero attached hydrogens (tertiary/aromatic N) is 3. The molecule has 0 radical (unpaired) electrons. The number of hydrogen-bond acceptors (Lipinski definition) is 5. The van der Waals surface area contributed by atoms with Crippen LogP contribution >= 0.6 is 23.5 Å². The van der Waals surface area contributed by atoms with E-state index in [1.807, 2.05) is 23.5 Å². The quantitative estimate of drug-likeness (QED) is 0.161. The van der Waals surface area contributed by atoms with Crippen LogP contribution in [0.3, 0.4) is 0 Å². The van der Waals surface area contributed by atoms with Crippen LogP contribution < -0.4 is 31.1 Å². The van der Waals surface area contributed by atoms with Crippen molar-refractivity contribution in [2.45, 2.75) is 115 Å². The van der Waals surface area contributed by atoms with E-state index in [0.29, 0.717) is 0 Å². The predicted octanol–water partition coefficient (Wildman–Crippen LogP) is 12.0. The molecule has 5 aromatic rings. The molecule has 0 aliphatic carbocycles. The number of fused-ring (bicyclic) bond motifs is 4. The summed E-state index contributed by atoms with van der Waals surface area (Å²) >= 11 is 4.07. The van der Waals surface area contributed by atoms with Crippen molar-refractivity contribution in [1.82, 2.24) is 0 Å². The van der Waals surface area contributed by atoms with Crippen LogP contribution in [0.25, 0.3) is 0 Å². The Balaban J connectivity index is 1.39. The zero-order chi connectivity index (χ0) is 39.7. The standard InChI is InChI=1S/C50H58BN3S2/c1-47(2,3)31-13-17-35(18-14-31)53-39-19-15-32(48(4,5)6)25-37(39)51-38-26-33(49(7,8)9)16-20-40(38)54(42-28-34(50(10,11)12)27-41(53)45(42)51)36-29-43-46-44(30-36)56-24-22-52(46)21-23-55-43/h13-20,25-30H,21-24H2,1-12H3. The highest BCUT2D eigenvalue weighted by Crippen LogP contribution is 2.51. The van der Waals surface area contributed by atoms with Gasteiger partial charge >= 0.3 is 0 Å². The fourth-order valence-corrected chi connectivity index (χ4v) is 11.4. The summed E-state index contributed by atoms with van der Waals surface area (Å²) in [6.07, 6.45) is 0. The molecule has 0 saturated carbocycles. The lowest BCUT2D eigenvalue weighted by Crippen LogP contribution is -2.61. The van der Waals surface area contributed by atoms with Crippen LogP contribution in [0.4, 0.5) is 39.8 Å². The Hall–Kier alpha value is -3.74. The van der Waals surface area contributed by atoms with Gasteiger partial charge in [0.1, 0.15) is 0 Å². The van der Waals surface area contributed by atoms with E-state index in [2.05, 4.69) is 183 Å². The average molecular weight is 776 g/mol. The van der Waals surface area contributed by atoms with Crippen molar-refractivity contribution < 1.29 is 0 Å². The molecule has 6 heteroatoms. The zero-order valence-electron chi connectivity index (χ0n) is 35.6. The summed E-state index contributed by atoms with van der Waals surface area (Å²) < 4.78 is 0. The summed E-state index contributed by atoms with van der Waals surface area (Å²) in [6.45, 7) is 30.5. The van der Waals surface area contributed by atoms with Crippen molar-refractivity contribution in [3.05, 3.63) is 107 Å². The molecule has 0 atom stereocenters. The SMILES string of the molecule is CC(C)(C)c1ccc(N2c3ccc(C(C)(C)C)cc3B3c4cc(C(C)(C)C)ccc4N(c4cc5c6c(c4)SCCN6CCS5)c4cc(C(C)(C)C)cc2c43)cc1. The number of thioether (sulfide) groups is 2. The van der Waals surface area contributed by atoms with Gasteiger partial charge < -0.3 is 14.7 Å². The van der Waals surface area contributed by atoms with Crippen molar-refractivity contribution in [3.63, 3.8) is 0 Å². The largest absolute Gasteiger partial charge is 0.368 e. The Bertz CT molecular complexity index is 2360. The first-order valence-electron chi connectivity index (χ1n) is 20.7. The van der Waals surface area contributed by atoms with Gasteiger partial charge in [0.15, 0.2) is 0 Å². The molecule has 5 aromatic carbocycles. The third-order valence-corrected chi connectivity index (χ3v) is 14.5. The Kier molecular flexibility index (Phi) is 8.70. The highest BCUT2D eigenvalue weighted by Gasteiger charge is 2.45. The van der Waals surface area contributed by atoms with Crippen molar-refractivity contribution in [2.24, 2.45) is 0 Å². The minimum Gasteiger partial charge on any atom is -0.368 e. The van der Waals surface area contributed by atoms with Gasteiger partial charge in [-0.3, -0.25) is 0 Å². The number of benzene rings is 5. The summed E-state index contributed by atoms with van der Waals surface area (Å²) in [6, 6.07) is 34.3. The number of rotatable bonds is 2. The monoisotopic (exact) mass is 775 g/mol. The molecule has 0 saturated heterocycles. The van der Waals surface area contributed by atoms with Crippen LogP contribution in [0.2, 0.25) is 0 Å². The van der Waals surface area contributed by atoms with Crippen molar-refractivity contribution in [3.8, 4) is 0 Å². The lowest BCUT2D eigenvalue weighted by atomic mass is 9.33. The van der Waals surface area contributed by atoms with Gasteiger partial charge in [-0.05, 0) is 109 Å². The molecule has 4 aliphatic rings. The maximum Gasteiger partial charge on any atom is 0.252 e. The maximum atomic E-state index is 2.65. The van der Waals surface area contributed by atoms with Crippen LogP contribution in [0.15, 0.2) is 94.7 Å². The molecule has 0 bridgehead atoms. The average Bonchev–Trinajstić information content (AvgIpc) is 3.13. The fraction of sp³-hybridized carbons (Fsp3) is 0.400. The Morgan fingerprint density at radius 1 is 0.446 bits per heavy atom. The Morgan fingerprint density at radius 2 is 0.875 bits per heavy atom. The molecule has 4 heterocycles. The van der Waals surface area contributed by atoms with E-state index >= 15 is 0 Å². The molecule has 4 aliphatic heterocycles. The summed E-state index contributed by atoms with van der Waals surface area (Å²) in [7, 11) is 0. The molecule has 0 spiro atoms. The Labute approximate surface area is 345 Å². The van der Waals surface area contributed by atoms with Crippen LogP contribution in [-0.2, 0) is 21.7 Å². The van der Waals surface area contributed by atoms with E-state index in [1.165, 1.54) is 88.2 Å². The molecule has 0 aromatic heterocycles. The van der Waals surface area contributed by atoms with Gasteiger partial charge in [0.05, 0.1) is 5.69 Å². The Morgan fingerprint density at radius 3 is 1.32 bits per heavy atom. The minimum atomic E-state index is -0.0603. The van der Waals surface area contributed by atoms with Gasteiger partial charge in [-0.15, -0.1) is 23.5 Å². The molecular weight excluding hydrogens is 718 g/mol. The molecule has 0 N–H and O–H groups in total. The molecule has 56 heavy (non-hydrogen) atoms. The molecule has 9 rings (SSSR count). The van der Waals surface area contributed by atoms with E-state index in [0.717, 1.165) is 24.6 Å². The van der Waals surface area contributed by atoms with Gasteiger partial charge in [0.25, 0.3) is 6.71 Å². The highest BCUT2D eigenvalue weighted by atomic mass is 32.2. The van der Waals surface area contributed by atoms with Crippen molar-refractivity contribution in [1.29, 1.82) is 0 Å². The van der Waals surface area contributed by atoms with Crippen molar-refractivity contribution in [2.75, 3.05) is 39.3 Å². The van der Waals surface area contributed by atoms with E-state index in [9.17, 15) is 0 Å². The predicted molar refractivity (Wildman–Crippen MR) is 249 cm³/mol. The number of anilines is 7. The van der Waals surface area contributed by atoms with Crippen molar-refractivity contribution >= 4 is 86.4 Å². The first-order chi connectivity index (χ1) is 26.3. The molecule has 0 unspecified atom stereocenters. The van der Waals surface area contributed by atoms with E-state index in [4.69, 9.17) is 0 Å². The van der Waals surface area contributed by atoms with Gasteiger partial charge in [0.2, 0.25) is 0 Å². The third kappa shape index (κ3) is 6.20. The summed E-state index contributed by atoms with van der Waals surface area (Å²) in [4.78, 5) is 10.7. The number of hydrogen-bond donors (Lipinski definition) is 0. The van der Waals surface area contributed by atoms with Crippen LogP contribution in [0.5, 0.6) is 0 Å². The summed E-state index contributed by atoms with van der Waals surface area (Å²) in [5, 5.41) is 0.